The van der Waals surface area contributed by atoms with Gasteiger partial charge in [0, 0.05) is 18.7 Å². The Balaban J connectivity index is 1.56. The highest BCUT2D eigenvalue weighted by Gasteiger charge is 2.57. The zero-order chi connectivity index (χ0) is 21.4. The number of carbonyl (C=O) groups is 2. The van der Waals surface area contributed by atoms with Gasteiger partial charge in [0.15, 0.2) is 0 Å². The number of benzene rings is 1. The molecule has 0 saturated heterocycles. The highest BCUT2D eigenvalue weighted by Crippen LogP contribution is 2.52. The first-order valence-corrected chi connectivity index (χ1v) is 12.0. The van der Waals surface area contributed by atoms with Gasteiger partial charge < -0.3 is 9.64 Å². The Hall–Kier alpha value is -2.32. The van der Waals surface area contributed by atoms with Gasteiger partial charge in [0.2, 0.25) is 11.0 Å². The molecule has 2 heterocycles. The second kappa shape index (κ2) is 8.31. The van der Waals surface area contributed by atoms with E-state index in [2.05, 4.69) is 20.4 Å². The van der Waals surface area contributed by atoms with Gasteiger partial charge in [-0.05, 0) is 37.3 Å². The van der Waals surface area contributed by atoms with Crippen LogP contribution in [0.2, 0.25) is 0 Å². The zero-order valence-electron chi connectivity index (χ0n) is 17.8. The Labute approximate surface area is 186 Å². The highest BCUT2D eigenvalue weighted by atomic mass is 32.1. The number of nitrogens with zero attached hydrogens (tertiary/aromatic N) is 3. The van der Waals surface area contributed by atoms with Crippen molar-refractivity contribution < 1.29 is 14.3 Å². The summed E-state index contributed by atoms with van der Waals surface area (Å²) in [7, 11) is 1.61. The number of fused-ring (bicyclic) bond motifs is 1. The summed E-state index contributed by atoms with van der Waals surface area (Å²) in [6, 6.07) is 7.89. The Morgan fingerprint density at radius 1 is 1.19 bits per heavy atom. The lowest BCUT2D eigenvalue weighted by Gasteiger charge is -2.52. The maximum absolute atomic E-state index is 13.8. The summed E-state index contributed by atoms with van der Waals surface area (Å²) < 4.78 is 5.12. The molecule has 31 heavy (non-hydrogen) atoms. The monoisotopic (exact) mass is 440 g/mol. The molecule has 164 valence electrons. The minimum Gasteiger partial charge on any atom is -0.377 e. The lowest BCUT2D eigenvalue weighted by atomic mass is 9.70. The van der Waals surface area contributed by atoms with E-state index in [1.54, 1.807) is 7.11 Å². The van der Waals surface area contributed by atoms with Crippen LogP contribution in [0.25, 0.3) is 0 Å². The second-order valence-electron chi connectivity index (χ2n) is 8.87. The van der Waals surface area contributed by atoms with Crippen LogP contribution < -0.4 is 5.32 Å². The quantitative estimate of drug-likeness (QED) is 0.756. The van der Waals surface area contributed by atoms with Gasteiger partial charge >= 0.3 is 0 Å². The normalized spacial score (nSPS) is 22.8. The third-order valence-electron chi connectivity index (χ3n) is 7.12. The number of nitrogens with one attached hydrogen (secondary N) is 1. The molecule has 1 N–H and O–H groups in total. The van der Waals surface area contributed by atoms with Gasteiger partial charge in [-0.1, -0.05) is 55.2 Å². The Morgan fingerprint density at radius 2 is 1.94 bits per heavy atom. The second-order valence-corrected chi connectivity index (χ2v) is 9.93. The lowest BCUT2D eigenvalue weighted by molar-refractivity contribution is -0.121. The van der Waals surface area contributed by atoms with E-state index in [9.17, 15) is 9.59 Å². The molecule has 7 nitrogen and oxygen atoms in total. The van der Waals surface area contributed by atoms with Gasteiger partial charge in [-0.15, -0.1) is 10.2 Å². The number of amides is 2. The van der Waals surface area contributed by atoms with Gasteiger partial charge in [-0.2, -0.15) is 0 Å². The molecule has 2 aliphatic carbocycles. The standard InChI is InChI=1S/C23H28N4O3S/c1-30-14-18-25-26-22(31-18)24-20(28)19-16-10-4-5-11-17(16)21(29)27(15-8-2-3-9-15)23(19)12-6-7-13-23/h4-5,10-11,15,19H,2-3,6-9,12-14H2,1H3,(H,24,26,28). The first-order chi connectivity index (χ1) is 15.1. The van der Waals surface area contributed by atoms with Crippen molar-refractivity contribution in [1.82, 2.24) is 15.1 Å². The molecule has 1 unspecified atom stereocenters. The largest absolute Gasteiger partial charge is 0.377 e. The fourth-order valence-corrected chi connectivity index (χ4v) is 6.68. The molecule has 0 bridgehead atoms. The number of anilines is 1. The van der Waals surface area contributed by atoms with E-state index < -0.39 is 11.5 Å². The van der Waals surface area contributed by atoms with Crippen LogP contribution in [0.5, 0.6) is 0 Å². The summed E-state index contributed by atoms with van der Waals surface area (Å²) in [5.74, 6) is -0.393. The van der Waals surface area contributed by atoms with Crippen molar-refractivity contribution in [2.45, 2.75) is 75.5 Å². The molecule has 1 spiro atoms. The van der Waals surface area contributed by atoms with Crippen LogP contribution in [0.4, 0.5) is 5.13 Å². The Morgan fingerprint density at radius 3 is 2.68 bits per heavy atom. The molecule has 1 atom stereocenters. The Kier molecular flexibility index (Phi) is 5.52. The average Bonchev–Trinajstić information content (AvgIpc) is 3.53. The molecule has 8 heteroatoms. The van der Waals surface area contributed by atoms with Crippen LogP contribution in [0, 0.1) is 0 Å². The third-order valence-corrected chi connectivity index (χ3v) is 7.94. The summed E-state index contributed by atoms with van der Waals surface area (Å²) >= 11 is 1.33. The molecule has 3 aliphatic rings. The zero-order valence-corrected chi connectivity index (χ0v) is 18.6. The molecule has 2 fully saturated rings. The molecular formula is C23H28N4O3S. The molecule has 0 radical (unpaired) electrons. The van der Waals surface area contributed by atoms with E-state index in [0.29, 0.717) is 17.3 Å². The summed E-state index contributed by atoms with van der Waals surface area (Å²) in [6.45, 7) is 0.369. The number of methoxy groups -OCH3 is 1. The maximum Gasteiger partial charge on any atom is 0.254 e. The van der Waals surface area contributed by atoms with Crippen molar-refractivity contribution in [3.05, 3.63) is 40.4 Å². The molecule has 2 amide bonds. The molecule has 1 aromatic carbocycles. The van der Waals surface area contributed by atoms with E-state index in [-0.39, 0.29) is 17.9 Å². The fourth-order valence-electron chi connectivity index (χ4n) is 5.96. The molecule has 1 aliphatic heterocycles. The first-order valence-electron chi connectivity index (χ1n) is 11.2. The van der Waals surface area contributed by atoms with Gasteiger partial charge in [0.1, 0.15) is 11.6 Å². The van der Waals surface area contributed by atoms with Crippen LogP contribution in [0.3, 0.4) is 0 Å². The number of ether oxygens (including phenoxy) is 1. The molecular weight excluding hydrogens is 412 g/mol. The van der Waals surface area contributed by atoms with Gasteiger partial charge in [-0.3, -0.25) is 14.9 Å². The van der Waals surface area contributed by atoms with Crippen LogP contribution in [0.1, 0.15) is 78.2 Å². The Bertz CT molecular complexity index is 979. The molecule has 5 rings (SSSR count). The third kappa shape index (κ3) is 3.46. The number of carbonyl (C=O) groups excluding carboxylic acids is 2. The predicted octanol–water partition coefficient (Wildman–Crippen LogP) is 4.12. The summed E-state index contributed by atoms with van der Waals surface area (Å²) in [5.41, 5.74) is 1.07. The van der Waals surface area contributed by atoms with Crippen molar-refractivity contribution in [3.63, 3.8) is 0 Å². The van der Waals surface area contributed by atoms with Gasteiger partial charge in [-0.25, -0.2) is 0 Å². The SMILES string of the molecule is COCc1nnc(NC(=O)C2c3ccccc3C(=O)N(C3CCCC3)C23CCCC3)s1. The van der Waals surface area contributed by atoms with Crippen molar-refractivity contribution in [3.8, 4) is 0 Å². The highest BCUT2D eigenvalue weighted by molar-refractivity contribution is 7.15. The minimum absolute atomic E-state index is 0.0926. The number of rotatable bonds is 5. The molecule has 2 saturated carbocycles. The van der Waals surface area contributed by atoms with E-state index in [0.717, 1.165) is 61.9 Å². The number of hydrogen-bond donors (Lipinski definition) is 1. The van der Waals surface area contributed by atoms with Crippen molar-refractivity contribution in [1.29, 1.82) is 0 Å². The van der Waals surface area contributed by atoms with Crippen molar-refractivity contribution >= 4 is 28.3 Å². The topological polar surface area (TPSA) is 84.4 Å². The molecule has 1 aromatic heterocycles. The van der Waals surface area contributed by atoms with Crippen LogP contribution in [-0.4, -0.2) is 45.6 Å². The van der Waals surface area contributed by atoms with Crippen molar-refractivity contribution in [2.24, 2.45) is 0 Å². The van der Waals surface area contributed by atoms with Gasteiger partial charge in [0.25, 0.3) is 5.91 Å². The fraction of sp³-hybridized carbons (Fsp3) is 0.565. The number of hydrogen-bond acceptors (Lipinski definition) is 6. The average molecular weight is 441 g/mol. The van der Waals surface area contributed by atoms with Gasteiger partial charge in [0.05, 0.1) is 11.5 Å². The maximum atomic E-state index is 13.8. The van der Waals surface area contributed by atoms with Crippen molar-refractivity contribution in [2.75, 3.05) is 12.4 Å². The first kappa shape index (κ1) is 20.6. The summed E-state index contributed by atoms with van der Waals surface area (Å²) in [4.78, 5) is 29.6. The minimum atomic E-state index is -0.454. The van der Waals surface area contributed by atoms with E-state index in [1.807, 2.05) is 24.3 Å². The van der Waals surface area contributed by atoms with Crippen LogP contribution >= 0.6 is 11.3 Å². The summed E-state index contributed by atoms with van der Waals surface area (Å²) in [6.07, 6.45) is 8.17. The molecule has 2 aromatic rings. The lowest BCUT2D eigenvalue weighted by Crippen LogP contribution is -2.62. The van der Waals surface area contributed by atoms with Crippen LogP contribution in [0.15, 0.2) is 24.3 Å². The van der Waals surface area contributed by atoms with Crippen LogP contribution in [-0.2, 0) is 16.1 Å². The number of aromatic nitrogens is 2. The van der Waals surface area contributed by atoms with E-state index in [1.165, 1.54) is 11.3 Å². The smallest absolute Gasteiger partial charge is 0.254 e. The van der Waals surface area contributed by atoms with E-state index >= 15 is 0 Å². The predicted molar refractivity (Wildman–Crippen MR) is 118 cm³/mol. The van der Waals surface area contributed by atoms with E-state index in [4.69, 9.17) is 4.74 Å². The summed E-state index contributed by atoms with van der Waals surface area (Å²) in [5, 5.41) is 12.4.